The molecule has 0 bridgehead atoms. The number of aromatic nitrogens is 1. The van der Waals surface area contributed by atoms with E-state index < -0.39 is 0 Å². The molecule has 5 heteroatoms. The number of nitrogens with one attached hydrogen (secondary N) is 1. The highest BCUT2D eigenvalue weighted by Crippen LogP contribution is 2.27. The third kappa shape index (κ3) is 3.51. The lowest BCUT2D eigenvalue weighted by molar-refractivity contribution is 0.0799. The van der Waals surface area contributed by atoms with E-state index in [1.54, 1.807) is 10.4 Å². The van der Waals surface area contributed by atoms with Crippen LogP contribution in [0.2, 0.25) is 0 Å². The Kier molecular flexibility index (Phi) is 4.65. The number of likely N-dealkylation sites (N-methyl/N-ethyl adjacent to an activating group) is 2. The van der Waals surface area contributed by atoms with E-state index in [0.717, 1.165) is 17.1 Å². The van der Waals surface area contributed by atoms with Gasteiger partial charge in [0.1, 0.15) is 4.88 Å². The van der Waals surface area contributed by atoms with Crippen molar-refractivity contribution in [1.82, 2.24) is 15.2 Å². The molecule has 1 heterocycles. The van der Waals surface area contributed by atoms with Crippen LogP contribution in [0.1, 0.15) is 36.1 Å². The maximum atomic E-state index is 12.2. The van der Waals surface area contributed by atoms with E-state index in [4.69, 9.17) is 0 Å². The Bertz CT molecular complexity index is 381. The van der Waals surface area contributed by atoms with Gasteiger partial charge in [-0.05, 0) is 7.05 Å². The molecule has 1 amide bonds. The molecule has 1 aromatic heterocycles. The zero-order chi connectivity index (χ0) is 13.1. The quantitative estimate of drug-likeness (QED) is 0.891. The molecule has 0 fully saturated rings. The molecule has 0 spiro atoms. The fourth-order valence-corrected chi connectivity index (χ4v) is 2.48. The lowest BCUT2D eigenvalue weighted by atomic mass is 9.91. The van der Waals surface area contributed by atoms with E-state index >= 15 is 0 Å². The highest BCUT2D eigenvalue weighted by molar-refractivity contribution is 7.11. The molecule has 0 aliphatic rings. The van der Waals surface area contributed by atoms with E-state index in [1.165, 1.54) is 11.3 Å². The van der Waals surface area contributed by atoms with E-state index in [9.17, 15) is 4.79 Å². The van der Waals surface area contributed by atoms with Gasteiger partial charge in [-0.3, -0.25) is 4.79 Å². The minimum Gasteiger partial charge on any atom is -0.340 e. The minimum absolute atomic E-state index is 0.0627. The summed E-state index contributed by atoms with van der Waals surface area (Å²) in [7, 11) is 3.71. The molecular formula is C12H21N3OS. The number of amides is 1. The predicted molar refractivity (Wildman–Crippen MR) is 71.7 cm³/mol. The Hall–Kier alpha value is -0.940. The first-order chi connectivity index (χ1) is 7.88. The van der Waals surface area contributed by atoms with Gasteiger partial charge >= 0.3 is 0 Å². The van der Waals surface area contributed by atoms with Crippen molar-refractivity contribution in [3.8, 4) is 0 Å². The molecule has 17 heavy (non-hydrogen) atoms. The summed E-state index contributed by atoms with van der Waals surface area (Å²) < 4.78 is 0. The Balaban J connectivity index is 2.86. The third-order valence-electron chi connectivity index (χ3n) is 2.52. The topological polar surface area (TPSA) is 45.2 Å². The second-order valence-electron chi connectivity index (χ2n) is 5.11. The Morgan fingerprint density at radius 3 is 2.71 bits per heavy atom. The fraction of sp³-hybridized carbons (Fsp3) is 0.667. The summed E-state index contributed by atoms with van der Waals surface area (Å²) in [6.45, 7) is 7.73. The Morgan fingerprint density at radius 2 is 2.18 bits per heavy atom. The molecule has 0 aliphatic heterocycles. The van der Waals surface area contributed by atoms with Gasteiger partial charge in [-0.15, -0.1) is 11.3 Å². The van der Waals surface area contributed by atoms with Crippen molar-refractivity contribution in [2.24, 2.45) is 0 Å². The van der Waals surface area contributed by atoms with Gasteiger partial charge in [-0.25, -0.2) is 4.98 Å². The number of carbonyl (C=O) groups excluding carboxylic acids is 1. The molecule has 4 nitrogen and oxygen atoms in total. The van der Waals surface area contributed by atoms with Crippen molar-refractivity contribution in [2.45, 2.75) is 26.2 Å². The molecule has 1 N–H and O–H groups in total. The molecule has 0 saturated carbocycles. The molecule has 0 radical (unpaired) electrons. The first-order valence-corrected chi connectivity index (χ1v) is 6.60. The van der Waals surface area contributed by atoms with Crippen LogP contribution in [0.15, 0.2) is 5.51 Å². The van der Waals surface area contributed by atoms with Crippen LogP contribution in [-0.2, 0) is 5.41 Å². The van der Waals surface area contributed by atoms with Crippen molar-refractivity contribution in [3.63, 3.8) is 0 Å². The van der Waals surface area contributed by atoms with Crippen LogP contribution in [0.5, 0.6) is 0 Å². The maximum Gasteiger partial charge on any atom is 0.265 e. The van der Waals surface area contributed by atoms with Crippen LogP contribution in [-0.4, -0.2) is 43.0 Å². The van der Waals surface area contributed by atoms with Crippen molar-refractivity contribution < 1.29 is 4.79 Å². The summed E-state index contributed by atoms with van der Waals surface area (Å²) in [5, 5.41) is 3.04. The van der Waals surface area contributed by atoms with Crippen LogP contribution >= 0.6 is 11.3 Å². The summed E-state index contributed by atoms with van der Waals surface area (Å²) in [4.78, 5) is 19.1. The Morgan fingerprint density at radius 1 is 1.53 bits per heavy atom. The number of hydrogen-bond acceptors (Lipinski definition) is 4. The first kappa shape index (κ1) is 14.1. The maximum absolute atomic E-state index is 12.2. The van der Waals surface area contributed by atoms with Crippen molar-refractivity contribution in [1.29, 1.82) is 0 Å². The molecular weight excluding hydrogens is 234 g/mol. The number of rotatable bonds is 4. The van der Waals surface area contributed by atoms with Crippen molar-refractivity contribution in [3.05, 3.63) is 16.1 Å². The first-order valence-electron chi connectivity index (χ1n) is 5.72. The number of carbonyl (C=O) groups is 1. The van der Waals surface area contributed by atoms with Gasteiger partial charge in [0.2, 0.25) is 0 Å². The van der Waals surface area contributed by atoms with Crippen LogP contribution < -0.4 is 5.32 Å². The van der Waals surface area contributed by atoms with E-state index in [1.807, 2.05) is 14.1 Å². The average molecular weight is 255 g/mol. The molecule has 1 aromatic rings. The van der Waals surface area contributed by atoms with Crippen LogP contribution in [0.25, 0.3) is 0 Å². The number of hydrogen-bond donors (Lipinski definition) is 1. The Labute approximate surface area is 107 Å². The monoisotopic (exact) mass is 255 g/mol. The summed E-state index contributed by atoms with van der Waals surface area (Å²) in [6.07, 6.45) is 0. The van der Waals surface area contributed by atoms with Crippen LogP contribution in [0.4, 0.5) is 0 Å². The summed E-state index contributed by atoms with van der Waals surface area (Å²) >= 11 is 1.42. The number of nitrogens with zero attached hydrogens (tertiary/aromatic N) is 2. The SMILES string of the molecule is CNCCN(C)C(=O)c1scnc1C(C)(C)C. The summed E-state index contributed by atoms with van der Waals surface area (Å²) in [6, 6.07) is 0. The van der Waals surface area contributed by atoms with Gasteiger partial charge in [-0.1, -0.05) is 20.8 Å². The van der Waals surface area contributed by atoms with Gasteiger partial charge in [-0.2, -0.15) is 0 Å². The second kappa shape index (κ2) is 5.60. The predicted octanol–water partition coefficient (Wildman–Crippen LogP) is 1.73. The standard InChI is InChI=1S/C12H21N3OS/c1-12(2,3)10-9(17-8-14-10)11(16)15(5)7-6-13-4/h8,13H,6-7H2,1-5H3. The third-order valence-corrected chi connectivity index (χ3v) is 3.33. The van der Waals surface area contributed by atoms with Gasteiger partial charge in [0.05, 0.1) is 11.2 Å². The molecule has 0 unspecified atom stereocenters. The van der Waals surface area contributed by atoms with Gasteiger partial charge in [0.25, 0.3) is 5.91 Å². The second-order valence-corrected chi connectivity index (χ2v) is 5.97. The largest absolute Gasteiger partial charge is 0.340 e. The van der Waals surface area contributed by atoms with E-state index in [2.05, 4.69) is 31.1 Å². The zero-order valence-electron chi connectivity index (χ0n) is 11.2. The van der Waals surface area contributed by atoms with Crippen LogP contribution in [0, 0.1) is 0 Å². The molecule has 0 aliphatic carbocycles. The van der Waals surface area contributed by atoms with Gasteiger partial charge in [0.15, 0.2) is 0 Å². The van der Waals surface area contributed by atoms with Crippen LogP contribution in [0.3, 0.4) is 0 Å². The van der Waals surface area contributed by atoms with Crippen molar-refractivity contribution in [2.75, 3.05) is 27.2 Å². The highest BCUT2D eigenvalue weighted by Gasteiger charge is 2.26. The summed E-state index contributed by atoms with van der Waals surface area (Å²) in [5.41, 5.74) is 2.55. The van der Waals surface area contributed by atoms with Gasteiger partial charge in [0, 0.05) is 25.6 Å². The average Bonchev–Trinajstić information content (AvgIpc) is 2.73. The molecule has 0 saturated heterocycles. The fourth-order valence-electron chi connectivity index (χ4n) is 1.49. The summed E-state index contributed by atoms with van der Waals surface area (Å²) in [5.74, 6) is 0.0627. The lowest BCUT2D eigenvalue weighted by Crippen LogP contribution is -2.33. The van der Waals surface area contributed by atoms with Gasteiger partial charge < -0.3 is 10.2 Å². The normalized spacial score (nSPS) is 11.6. The molecule has 0 atom stereocenters. The zero-order valence-corrected chi connectivity index (χ0v) is 12.0. The van der Waals surface area contributed by atoms with E-state index in [-0.39, 0.29) is 11.3 Å². The van der Waals surface area contributed by atoms with E-state index in [0.29, 0.717) is 6.54 Å². The molecule has 0 aromatic carbocycles. The molecule has 1 rings (SSSR count). The number of thiazole rings is 1. The molecule has 96 valence electrons. The van der Waals surface area contributed by atoms with Crippen molar-refractivity contribution >= 4 is 17.2 Å². The minimum atomic E-state index is -0.0885. The smallest absolute Gasteiger partial charge is 0.265 e. The lowest BCUT2D eigenvalue weighted by Gasteiger charge is -2.21. The highest BCUT2D eigenvalue weighted by atomic mass is 32.1.